The number of nitrogens with zero attached hydrogens (tertiary/aromatic N) is 4. The molecular formula is C20H19ClN6O. The Labute approximate surface area is 167 Å². The normalized spacial score (nSPS) is 10.9. The van der Waals surface area contributed by atoms with Crippen molar-refractivity contribution in [1.29, 1.82) is 0 Å². The Morgan fingerprint density at radius 3 is 2.68 bits per heavy atom. The number of hydrogen-bond acceptors (Lipinski definition) is 6. The summed E-state index contributed by atoms with van der Waals surface area (Å²) in [6.07, 6.45) is 2.35. The van der Waals surface area contributed by atoms with Crippen LogP contribution in [0, 0.1) is 0 Å². The first-order valence-corrected chi connectivity index (χ1v) is 9.31. The van der Waals surface area contributed by atoms with Crippen molar-refractivity contribution in [2.75, 3.05) is 23.8 Å². The fourth-order valence-corrected chi connectivity index (χ4v) is 3.01. The standard InChI is InChI=1S/C20H19ClN6O/c21-14-6-4-7-15(12-14)24-18-17-13-23-27(16-8-2-1-3-9-16)19(17)26-20(25-18)22-10-5-11-28/h1-4,6-9,12-13,28H,5,10-11H2,(H2,22,24,25,26). The van der Waals surface area contributed by atoms with Crippen molar-refractivity contribution >= 4 is 40.1 Å². The second kappa shape index (κ2) is 8.24. The number of anilines is 3. The molecule has 0 fully saturated rings. The molecule has 4 aromatic rings. The number of nitrogens with one attached hydrogen (secondary N) is 2. The minimum absolute atomic E-state index is 0.102. The average Bonchev–Trinajstić information content (AvgIpc) is 3.13. The molecule has 0 bridgehead atoms. The van der Waals surface area contributed by atoms with E-state index in [-0.39, 0.29) is 6.61 Å². The summed E-state index contributed by atoms with van der Waals surface area (Å²) in [4.78, 5) is 9.23. The van der Waals surface area contributed by atoms with Crippen molar-refractivity contribution in [2.45, 2.75) is 6.42 Å². The third kappa shape index (κ3) is 3.90. The van der Waals surface area contributed by atoms with Crippen LogP contribution in [0.15, 0.2) is 60.8 Å². The molecule has 28 heavy (non-hydrogen) atoms. The van der Waals surface area contributed by atoms with E-state index in [0.29, 0.717) is 35.4 Å². The van der Waals surface area contributed by atoms with Crippen LogP contribution in [0.1, 0.15) is 6.42 Å². The molecule has 2 aromatic heterocycles. The zero-order valence-corrected chi connectivity index (χ0v) is 15.8. The second-order valence-corrected chi connectivity index (χ2v) is 6.60. The molecule has 0 saturated carbocycles. The van der Waals surface area contributed by atoms with Gasteiger partial charge in [-0.05, 0) is 36.8 Å². The van der Waals surface area contributed by atoms with Gasteiger partial charge in [-0.15, -0.1) is 0 Å². The summed E-state index contributed by atoms with van der Waals surface area (Å²) in [6.45, 7) is 0.670. The zero-order valence-electron chi connectivity index (χ0n) is 15.0. The molecular weight excluding hydrogens is 376 g/mol. The predicted octanol–water partition coefficient (Wildman–Crippen LogP) is 4.01. The number of benzene rings is 2. The number of aliphatic hydroxyl groups is 1. The molecule has 0 atom stereocenters. The Kier molecular flexibility index (Phi) is 5.36. The summed E-state index contributed by atoms with van der Waals surface area (Å²) in [5, 5.41) is 21.4. The van der Waals surface area contributed by atoms with Crippen LogP contribution in [0.4, 0.5) is 17.5 Å². The van der Waals surface area contributed by atoms with Crippen LogP contribution in [-0.4, -0.2) is 38.0 Å². The Balaban J connectivity index is 1.79. The van der Waals surface area contributed by atoms with Crippen LogP contribution in [0.3, 0.4) is 0 Å². The van der Waals surface area contributed by atoms with E-state index < -0.39 is 0 Å². The van der Waals surface area contributed by atoms with E-state index in [9.17, 15) is 0 Å². The zero-order chi connectivity index (χ0) is 19.3. The highest BCUT2D eigenvalue weighted by molar-refractivity contribution is 6.30. The Bertz CT molecular complexity index is 1080. The predicted molar refractivity (Wildman–Crippen MR) is 112 cm³/mol. The Morgan fingerprint density at radius 2 is 1.89 bits per heavy atom. The minimum Gasteiger partial charge on any atom is -0.396 e. The summed E-state index contributed by atoms with van der Waals surface area (Å²) < 4.78 is 1.78. The third-order valence-electron chi connectivity index (χ3n) is 4.13. The molecule has 0 amide bonds. The SMILES string of the molecule is OCCCNc1nc(Nc2cccc(Cl)c2)c2cnn(-c3ccccc3)c2n1. The number of hydrogen-bond donors (Lipinski definition) is 3. The Morgan fingerprint density at radius 1 is 1.04 bits per heavy atom. The van der Waals surface area contributed by atoms with Gasteiger partial charge in [0.15, 0.2) is 5.65 Å². The molecule has 3 N–H and O–H groups in total. The van der Waals surface area contributed by atoms with Gasteiger partial charge in [0.25, 0.3) is 0 Å². The quantitative estimate of drug-likeness (QED) is 0.410. The number of para-hydroxylation sites is 1. The van der Waals surface area contributed by atoms with E-state index in [1.807, 2.05) is 54.6 Å². The number of aromatic nitrogens is 4. The fourth-order valence-electron chi connectivity index (χ4n) is 2.82. The van der Waals surface area contributed by atoms with Gasteiger partial charge >= 0.3 is 0 Å². The lowest BCUT2D eigenvalue weighted by atomic mass is 10.3. The van der Waals surface area contributed by atoms with Crippen molar-refractivity contribution in [3.05, 3.63) is 65.8 Å². The van der Waals surface area contributed by atoms with E-state index in [0.717, 1.165) is 16.8 Å². The first-order valence-electron chi connectivity index (χ1n) is 8.93. The number of aliphatic hydroxyl groups excluding tert-OH is 1. The molecule has 4 rings (SSSR count). The summed E-state index contributed by atoms with van der Waals surface area (Å²) in [7, 11) is 0. The van der Waals surface area contributed by atoms with Gasteiger partial charge in [0.1, 0.15) is 5.82 Å². The maximum Gasteiger partial charge on any atom is 0.226 e. The van der Waals surface area contributed by atoms with Crippen molar-refractivity contribution in [2.24, 2.45) is 0 Å². The van der Waals surface area contributed by atoms with Gasteiger partial charge in [-0.25, -0.2) is 4.68 Å². The third-order valence-corrected chi connectivity index (χ3v) is 4.37. The Hall–Kier alpha value is -3.16. The summed E-state index contributed by atoms with van der Waals surface area (Å²) in [6, 6.07) is 17.2. The number of fused-ring (bicyclic) bond motifs is 1. The molecule has 2 aromatic carbocycles. The van der Waals surface area contributed by atoms with Crippen LogP contribution in [0.5, 0.6) is 0 Å². The largest absolute Gasteiger partial charge is 0.396 e. The van der Waals surface area contributed by atoms with E-state index in [1.54, 1.807) is 10.9 Å². The maximum absolute atomic E-state index is 9.03. The molecule has 0 radical (unpaired) electrons. The minimum atomic E-state index is 0.102. The van der Waals surface area contributed by atoms with Gasteiger partial charge in [-0.3, -0.25) is 0 Å². The lowest BCUT2D eigenvalue weighted by Gasteiger charge is -2.11. The molecule has 142 valence electrons. The molecule has 0 aliphatic rings. The van der Waals surface area contributed by atoms with Gasteiger partial charge in [0, 0.05) is 23.9 Å². The highest BCUT2D eigenvalue weighted by Gasteiger charge is 2.14. The summed E-state index contributed by atoms with van der Waals surface area (Å²) in [5.74, 6) is 1.09. The first-order chi connectivity index (χ1) is 13.7. The van der Waals surface area contributed by atoms with Crippen LogP contribution in [-0.2, 0) is 0 Å². The van der Waals surface area contributed by atoms with Crippen LogP contribution in [0.25, 0.3) is 16.7 Å². The topological polar surface area (TPSA) is 87.9 Å². The first kappa shape index (κ1) is 18.2. The lowest BCUT2D eigenvalue weighted by molar-refractivity contribution is 0.292. The highest BCUT2D eigenvalue weighted by Crippen LogP contribution is 2.27. The second-order valence-electron chi connectivity index (χ2n) is 6.16. The van der Waals surface area contributed by atoms with Crippen LogP contribution in [0.2, 0.25) is 5.02 Å². The van der Waals surface area contributed by atoms with Crippen LogP contribution >= 0.6 is 11.6 Å². The van der Waals surface area contributed by atoms with Gasteiger partial charge < -0.3 is 15.7 Å². The van der Waals surface area contributed by atoms with Gasteiger partial charge in [-0.1, -0.05) is 35.9 Å². The monoisotopic (exact) mass is 394 g/mol. The van der Waals surface area contributed by atoms with Gasteiger partial charge in [0.05, 0.1) is 17.3 Å². The summed E-state index contributed by atoms with van der Waals surface area (Å²) >= 11 is 6.10. The van der Waals surface area contributed by atoms with Gasteiger partial charge in [-0.2, -0.15) is 15.1 Å². The molecule has 2 heterocycles. The summed E-state index contributed by atoms with van der Waals surface area (Å²) in [5.41, 5.74) is 2.41. The average molecular weight is 395 g/mol. The van der Waals surface area contributed by atoms with E-state index in [1.165, 1.54) is 0 Å². The molecule has 0 aliphatic heterocycles. The van der Waals surface area contributed by atoms with E-state index >= 15 is 0 Å². The van der Waals surface area contributed by atoms with E-state index in [4.69, 9.17) is 16.7 Å². The van der Waals surface area contributed by atoms with E-state index in [2.05, 4.69) is 25.7 Å². The lowest BCUT2D eigenvalue weighted by Crippen LogP contribution is -2.09. The number of halogens is 1. The molecule has 8 heteroatoms. The molecule has 7 nitrogen and oxygen atoms in total. The van der Waals surface area contributed by atoms with Crippen molar-refractivity contribution < 1.29 is 5.11 Å². The van der Waals surface area contributed by atoms with Crippen molar-refractivity contribution in [1.82, 2.24) is 19.7 Å². The van der Waals surface area contributed by atoms with Gasteiger partial charge in [0.2, 0.25) is 5.95 Å². The number of rotatable bonds is 7. The molecule has 0 spiro atoms. The highest BCUT2D eigenvalue weighted by atomic mass is 35.5. The molecule has 0 unspecified atom stereocenters. The maximum atomic E-state index is 9.03. The van der Waals surface area contributed by atoms with Crippen LogP contribution < -0.4 is 10.6 Å². The smallest absolute Gasteiger partial charge is 0.226 e. The van der Waals surface area contributed by atoms with Crippen molar-refractivity contribution in [3.8, 4) is 5.69 Å². The van der Waals surface area contributed by atoms with Crippen molar-refractivity contribution in [3.63, 3.8) is 0 Å². The molecule has 0 saturated heterocycles. The fraction of sp³-hybridized carbons (Fsp3) is 0.150. The molecule has 0 aliphatic carbocycles.